The van der Waals surface area contributed by atoms with Crippen molar-refractivity contribution in [2.45, 2.75) is 47.0 Å². The Balaban J connectivity index is 2.77. The summed E-state index contributed by atoms with van der Waals surface area (Å²) < 4.78 is 0. The minimum Gasteiger partial charge on any atom is -0.342 e. The van der Waals surface area contributed by atoms with Gasteiger partial charge in [0, 0.05) is 19.6 Å². The van der Waals surface area contributed by atoms with Gasteiger partial charge in [-0.05, 0) is 24.7 Å². The molecule has 0 aromatic carbocycles. The monoisotopic (exact) mass is 226 g/mol. The van der Waals surface area contributed by atoms with Crippen molar-refractivity contribution in [3.63, 3.8) is 0 Å². The lowest BCUT2D eigenvalue weighted by molar-refractivity contribution is -0.141. The van der Waals surface area contributed by atoms with Crippen molar-refractivity contribution in [2.24, 2.45) is 16.6 Å². The normalized spacial score (nSPS) is 20.2. The summed E-state index contributed by atoms with van der Waals surface area (Å²) >= 11 is 0. The zero-order valence-corrected chi connectivity index (χ0v) is 11.2. The Bertz CT molecular complexity index is 248. The van der Waals surface area contributed by atoms with Gasteiger partial charge < -0.3 is 10.6 Å². The fraction of sp³-hybridized carbons (Fsp3) is 0.923. The molecule has 0 atom stereocenters. The second-order valence-corrected chi connectivity index (χ2v) is 5.83. The first-order valence-corrected chi connectivity index (χ1v) is 6.40. The molecule has 0 radical (unpaired) electrons. The predicted molar refractivity (Wildman–Crippen MR) is 67.0 cm³/mol. The maximum atomic E-state index is 12.5. The van der Waals surface area contributed by atoms with Gasteiger partial charge in [-0.2, -0.15) is 0 Å². The summed E-state index contributed by atoms with van der Waals surface area (Å²) in [6.07, 6.45) is 2.79. The number of likely N-dealkylation sites (tertiary alicyclic amines) is 1. The highest BCUT2D eigenvalue weighted by Crippen LogP contribution is 2.34. The largest absolute Gasteiger partial charge is 0.342 e. The van der Waals surface area contributed by atoms with Gasteiger partial charge in [0.1, 0.15) is 0 Å². The van der Waals surface area contributed by atoms with E-state index in [9.17, 15) is 4.79 Å². The van der Waals surface area contributed by atoms with Crippen molar-refractivity contribution >= 4 is 5.91 Å². The summed E-state index contributed by atoms with van der Waals surface area (Å²) in [5.41, 5.74) is 5.77. The van der Waals surface area contributed by atoms with Gasteiger partial charge in [0.05, 0.1) is 5.41 Å². The van der Waals surface area contributed by atoms with Gasteiger partial charge in [0.25, 0.3) is 0 Å². The van der Waals surface area contributed by atoms with E-state index in [4.69, 9.17) is 5.73 Å². The van der Waals surface area contributed by atoms with Crippen LogP contribution in [-0.2, 0) is 4.79 Å². The Labute approximate surface area is 99.4 Å². The molecule has 0 saturated carbocycles. The Morgan fingerprint density at radius 2 is 1.94 bits per heavy atom. The molecule has 0 bridgehead atoms. The molecule has 0 aliphatic carbocycles. The van der Waals surface area contributed by atoms with Gasteiger partial charge in [0.2, 0.25) is 5.91 Å². The number of carbonyl (C=O) groups is 1. The van der Waals surface area contributed by atoms with E-state index in [1.807, 2.05) is 4.90 Å². The van der Waals surface area contributed by atoms with Gasteiger partial charge >= 0.3 is 0 Å². The third-order valence-electron chi connectivity index (χ3n) is 4.16. The van der Waals surface area contributed by atoms with Crippen LogP contribution in [0.4, 0.5) is 0 Å². The Hall–Kier alpha value is -0.570. The Morgan fingerprint density at radius 1 is 1.38 bits per heavy atom. The van der Waals surface area contributed by atoms with E-state index < -0.39 is 0 Å². The lowest BCUT2D eigenvalue weighted by atomic mass is 9.81. The highest BCUT2D eigenvalue weighted by molar-refractivity contribution is 5.83. The maximum Gasteiger partial charge on any atom is 0.230 e. The fourth-order valence-corrected chi connectivity index (χ4v) is 2.55. The average Bonchev–Trinajstić information content (AvgIpc) is 2.62. The number of nitrogens with two attached hydrogens (primary N) is 1. The van der Waals surface area contributed by atoms with E-state index in [0.717, 1.165) is 32.4 Å². The molecule has 0 aromatic rings. The molecule has 1 fully saturated rings. The van der Waals surface area contributed by atoms with E-state index in [1.165, 1.54) is 0 Å². The topological polar surface area (TPSA) is 46.3 Å². The molecule has 16 heavy (non-hydrogen) atoms. The van der Waals surface area contributed by atoms with Crippen LogP contribution in [0.15, 0.2) is 0 Å². The van der Waals surface area contributed by atoms with Crippen LogP contribution in [-0.4, -0.2) is 30.4 Å². The zero-order chi connectivity index (χ0) is 12.4. The molecule has 3 nitrogen and oxygen atoms in total. The van der Waals surface area contributed by atoms with E-state index in [1.54, 1.807) is 0 Å². The van der Waals surface area contributed by atoms with Crippen molar-refractivity contribution in [3.8, 4) is 0 Å². The fourth-order valence-electron chi connectivity index (χ4n) is 2.55. The van der Waals surface area contributed by atoms with Crippen LogP contribution in [0, 0.1) is 10.8 Å². The molecule has 94 valence electrons. The van der Waals surface area contributed by atoms with Crippen LogP contribution in [0.25, 0.3) is 0 Å². The molecule has 1 saturated heterocycles. The van der Waals surface area contributed by atoms with Crippen molar-refractivity contribution in [1.29, 1.82) is 0 Å². The second kappa shape index (κ2) is 4.74. The molecule has 1 aliphatic rings. The summed E-state index contributed by atoms with van der Waals surface area (Å²) in [6.45, 7) is 10.8. The number of hydrogen-bond donors (Lipinski definition) is 1. The molecule has 0 aromatic heterocycles. The van der Waals surface area contributed by atoms with E-state index in [2.05, 4.69) is 27.7 Å². The van der Waals surface area contributed by atoms with Crippen LogP contribution in [0.2, 0.25) is 0 Å². The van der Waals surface area contributed by atoms with Crippen LogP contribution in [0.5, 0.6) is 0 Å². The highest BCUT2D eigenvalue weighted by Gasteiger charge is 2.41. The van der Waals surface area contributed by atoms with Gasteiger partial charge in [-0.15, -0.1) is 0 Å². The quantitative estimate of drug-likeness (QED) is 0.797. The molecule has 1 heterocycles. The van der Waals surface area contributed by atoms with Crippen molar-refractivity contribution in [2.75, 3.05) is 19.6 Å². The van der Waals surface area contributed by atoms with Crippen molar-refractivity contribution < 1.29 is 4.79 Å². The molecule has 1 amide bonds. The number of amides is 1. The summed E-state index contributed by atoms with van der Waals surface area (Å²) in [6, 6.07) is 0. The number of carbonyl (C=O) groups excluding carboxylic acids is 1. The van der Waals surface area contributed by atoms with Crippen LogP contribution >= 0.6 is 0 Å². The highest BCUT2D eigenvalue weighted by atomic mass is 16.2. The van der Waals surface area contributed by atoms with Gasteiger partial charge in [0.15, 0.2) is 0 Å². The molecular formula is C13H26N2O. The average molecular weight is 226 g/mol. The number of hydrogen-bond acceptors (Lipinski definition) is 2. The van der Waals surface area contributed by atoms with Crippen LogP contribution in [0.3, 0.4) is 0 Å². The maximum absolute atomic E-state index is 12.5. The third-order valence-corrected chi connectivity index (χ3v) is 4.16. The van der Waals surface area contributed by atoms with E-state index >= 15 is 0 Å². The molecule has 0 spiro atoms. The number of nitrogens with zero attached hydrogens (tertiary/aromatic N) is 1. The minimum absolute atomic E-state index is 0.269. The summed E-state index contributed by atoms with van der Waals surface area (Å²) in [5.74, 6) is 0.269. The van der Waals surface area contributed by atoms with Crippen molar-refractivity contribution in [3.05, 3.63) is 0 Å². The first-order valence-electron chi connectivity index (χ1n) is 6.40. The molecule has 1 rings (SSSR count). The summed E-state index contributed by atoms with van der Waals surface area (Å²) in [7, 11) is 0. The minimum atomic E-state index is -0.319. The smallest absolute Gasteiger partial charge is 0.230 e. The first kappa shape index (κ1) is 13.5. The zero-order valence-electron chi connectivity index (χ0n) is 11.2. The molecular weight excluding hydrogens is 200 g/mol. The lowest BCUT2D eigenvalue weighted by Crippen LogP contribution is -2.47. The SMILES string of the molecule is CCC(CC)(CN)C(=O)N1CCC(C)(C)C1. The Kier molecular flexibility index (Phi) is 4.00. The summed E-state index contributed by atoms with van der Waals surface area (Å²) in [4.78, 5) is 14.5. The summed E-state index contributed by atoms with van der Waals surface area (Å²) in [5, 5.41) is 0. The number of rotatable bonds is 4. The van der Waals surface area contributed by atoms with Gasteiger partial charge in [-0.3, -0.25) is 4.79 Å². The third kappa shape index (κ3) is 2.40. The molecule has 2 N–H and O–H groups in total. The molecule has 1 aliphatic heterocycles. The first-order chi connectivity index (χ1) is 7.40. The van der Waals surface area contributed by atoms with Crippen LogP contribution < -0.4 is 5.73 Å². The van der Waals surface area contributed by atoms with Crippen molar-refractivity contribution in [1.82, 2.24) is 4.90 Å². The second-order valence-electron chi connectivity index (χ2n) is 5.83. The lowest BCUT2D eigenvalue weighted by Gasteiger charge is -2.33. The van der Waals surface area contributed by atoms with Gasteiger partial charge in [-0.25, -0.2) is 0 Å². The van der Waals surface area contributed by atoms with E-state index in [-0.39, 0.29) is 16.7 Å². The Morgan fingerprint density at radius 3 is 2.25 bits per heavy atom. The van der Waals surface area contributed by atoms with Gasteiger partial charge in [-0.1, -0.05) is 27.7 Å². The molecule has 3 heteroatoms. The van der Waals surface area contributed by atoms with E-state index in [0.29, 0.717) is 6.54 Å². The predicted octanol–water partition coefficient (Wildman–Crippen LogP) is 2.01. The van der Waals surface area contributed by atoms with Crippen LogP contribution in [0.1, 0.15) is 47.0 Å². The standard InChI is InChI=1S/C13H26N2O/c1-5-13(6-2,9-14)11(16)15-8-7-12(3,4)10-15/h5-10,14H2,1-4H3. The molecule has 0 unspecified atom stereocenters.